The predicted octanol–water partition coefficient (Wildman–Crippen LogP) is 2.45. The van der Waals surface area contributed by atoms with Gasteiger partial charge < -0.3 is 5.11 Å². The maximum atomic E-state index is 9.76. The lowest BCUT2D eigenvalue weighted by Gasteiger charge is -2.17. The molecule has 0 fully saturated rings. The second-order valence-electron chi connectivity index (χ2n) is 2.78. The fourth-order valence-electron chi connectivity index (χ4n) is 0.984. The van der Waals surface area contributed by atoms with Crippen LogP contribution in [0.4, 0.5) is 0 Å². The van der Waals surface area contributed by atoms with Crippen LogP contribution in [-0.2, 0) is 5.60 Å². The third kappa shape index (κ3) is 1.52. The molecule has 11 heavy (non-hydrogen) atoms. The van der Waals surface area contributed by atoms with Crippen molar-refractivity contribution >= 4 is 11.3 Å². The average molecular weight is 168 g/mol. The van der Waals surface area contributed by atoms with E-state index in [0.29, 0.717) is 0 Å². The van der Waals surface area contributed by atoms with E-state index in [9.17, 15) is 5.11 Å². The largest absolute Gasteiger partial charge is 0.380 e. The van der Waals surface area contributed by atoms with Gasteiger partial charge in [-0.1, -0.05) is 12.7 Å². The molecule has 1 aromatic heterocycles. The summed E-state index contributed by atoms with van der Waals surface area (Å²) in [6.07, 6.45) is 1.56. The summed E-state index contributed by atoms with van der Waals surface area (Å²) >= 11 is 1.56. The summed E-state index contributed by atoms with van der Waals surface area (Å²) in [5.74, 6) is 0. The molecule has 0 bridgehead atoms. The van der Waals surface area contributed by atoms with Gasteiger partial charge in [-0.25, -0.2) is 0 Å². The number of aliphatic hydroxyl groups is 1. The molecule has 1 atom stereocenters. The van der Waals surface area contributed by atoms with Crippen LogP contribution in [0.1, 0.15) is 17.4 Å². The normalized spacial score (nSPS) is 15.9. The number of thiophene rings is 1. The number of aryl methyl sites for hydroxylation is 1. The first-order valence-corrected chi connectivity index (χ1v) is 4.36. The van der Waals surface area contributed by atoms with Crippen molar-refractivity contribution in [2.75, 3.05) is 0 Å². The Balaban J connectivity index is 3.10. The molecule has 1 N–H and O–H groups in total. The summed E-state index contributed by atoms with van der Waals surface area (Å²) in [6, 6.07) is 2.00. The Morgan fingerprint density at radius 3 is 2.73 bits per heavy atom. The molecule has 0 radical (unpaired) electrons. The summed E-state index contributed by atoms with van der Waals surface area (Å²) in [4.78, 5) is 0.979. The third-order valence-electron chi connectivity index (χ3n) is 1.72. The van der Waals surface area contributed by atoms with Crippen LogP contribution in [0.3, 0.4) is 0 Å². The molecule has 2 heteroatoms. The minimum atomic E-state index is -0.863. The van der Waals surface area contributed by atoms with Crippen molar-refractivity contribution in [2.24, 2.45) is 0 Å². The quantitative estimate of drug-likeness (QED) is 0.672. The SMILES string of the molecule is C=CC(C)(O)c1sccc1C. The molecule has 60 valence electrons. The van der Waals surface area contributed by atoms with Crippen molar-refractivity contribution < 1.29 is 5.11 Å². The molecule has 0 amide bonds. The minimum absolute atomic E-state index is 0.863. The Morgan fingerprint density at radius 2 is 2.36 bits per heavy atom. The van der Waals surface area contributed by atoms with Crippen molar-refractivity contribution in [3.63, 3.8) is 0 Å². The molecule has 1 nitrogen and oxygen atoms in total. The van der Waals surface area contributed by atoms with Gasteiger partial charge in [0.1, 0.15) is 5.60 Å². The molecular weight excluding hydrogens is 156 g/mol. The molecule has 0 aliphatic heterocycles. The van der Waals surface area contributed by atoms with Gasteiger partial charge in [-0.2, -0.15) is 0 Å². The lowest BCUT2D eigenvalue weighted by atomic mass is 10.0. The molecule has 1 rings (SSSR count). The molecule has 1 aromatic rings. The zero-order valence-corrected chi connectivity index (χ0v) is 7.61. The Labute approximate surface area is 71.0 Å². The van der Waals surface area contributed by atoms with Crippen molar-refractivity contribution in [3.8, 4) is 0 Å². The molecule has 0 saturated carbocycles. The van der Waals surface area contributed by atoms with Crippen LogP contribution >= 0.6 is 11.3 Å². The summed E-state index contributed by atoms with van der Waals surface area (Å²) in [6.45, 7) is 7.32. The summed E-state index contributed by atoms with van der Waals surface area (Å²) < 4.78 is 0. The summed E-state index contributed by atoms with van der Waals surface area (Å²) in [7, 11) is 0. The first kappa shape index (κ1) is 8.50. The van der Waals surface area contributed by atoms with E-state index >= 15 is 0 Å². The van der Waals surface area contributed by atoms with Gasteiger partial charge in [-0.05, 0) is 30.9 Å². The van der Waals surface area contributed by atoms with Gasteiger partial charge in [0, 0.05) is 4.88 Å². The van der Waals surface area contributed by atoms with Gasteiger partial charge in [0.2, 0.25) is 0 Å². The number of hydrogen-bond acceptors (Lipinski definition) is 2. The molecule has 0 aliphatic carbocycles. The van der Waals surface area contributed by atoms with Crippen molar-refractivity contribution in [2.45, 2.75) is 19.4 Å². The maximum Gasteiger partial charge on any atom is 0.114 e. The minimum Gasteiger partial charge on any atom is -0.380 e. The van der Waals surface area contributed by atoms with Crippen LogP contribution in [0.25, 0.3) is 0 Å². The first-order valence-electron chi connectivity index (χ1n) is 3.48. The monoisotopic (exact) mass is 168 g/mol. The van der Waals surface area contributed by atoms with E-state index in [1.54, 1.807) is 24.3 Å². The molecule has 0 aliphatic rings. The molecule has 1 unspecified atom stereocenters. The van der Waals surface area contributed by atoms with Gasteiger partial charge in [0.15, 0.2) is 0 Å². The summed E-state index contributed by atoms with van der Waals surface area (Å²) in [5.41, 5.74) is 0.262. The maximum absolute atomic E-state index is 9.76. The predicted molar refractivity (Wildman–Crippen MR) is 48.8 cm³/mol. The fraction of sp³-hybridized carbons (Fsp3) is 0.333. The Hall–Kier alpha value is -0.600. The molecule has 0 saturated heterocycles. The van der Waals surface area contributed by atoms with Crippen LogP contribution in [0.5, 0.6) is 0 Å². The topological polar surface area (TPSA) is 20.2 Å². The van der Waals surface area contributed by atoms with Crippen molar-refractivity contribution in [1.82, 2.24) is 0 Å². The van der Waals surface area contributed by atoms with Gasteiger partial charge in [0.25, 0.3) is 0 Å². The molecule has 0 aromatic carbocycles. The van der Waals surface area contributed by atoms with Gasteiger partial charge in [-0.3, -0.25) is 0 Å². The van der Waals surface area contributed by atoms with Crippen LogP contribution in [0, 0.1) is 6.92 Å². The molecular formula is C9H12OS. The number of rotatable bonds is 2. The molecule has 1 heterocycles. The highest BCUT2D eigenvalue weighted by Gasteiger charge is 2.21. The fourth-order valence-corrected chi connectivity index (χ4v) is 1.97. The van der Waals surface area contributed by atoms with E-state index in [0.717, 1.165) is 10.4 Å². The van der Waals surface area contributed by atoms with Crippen LogP contribution < -0.4 is 0 Å². The Kier molecular flexibility index (Phi) is 2.16. The van der Waals surface area contributed by atoms with Crippen LogP contribution in [-0.4, -0.2) is 5.11 Å². The van der Waals surface area contributed by atoms with Gasteiger partial charge in [0.05, 0.1) is 0 Å². The zero-order chi connectivity index (χ0) is 8.48. The Morgan fingerprint density at radius 1 is 1.73 bits per heavy atom. The molecule has 0 spiro atoms. The summed E-state index contributed by atoms with van der Waals surface area (Å²) in [5, 5.41) is 11.7. The third-order valence-corrected chi connectivity index (χ3v) is 2.96. The van der Waals surface area contributed by atoms with Crippen molar-refractivity contribution in [3.05, 3.63) is 34.5 Å². The highest BCUT2D eigenvalue weighted by Crippen LogP contribution is 2.29. The van der Waals surface area contributed by atoms with Gasteiger partial charge in [-0.15, -0.1) is 11.3 Å². The lowest BCUT2D eigenvalue weighted by Crippen LogP contribution is -2.16. The lowest BCUT2D eigenvalue weighted by molar-refractivity contribution is 0.115. The average Bonchev–Trinajstić information content (AvgIpc) is 2.36. The van der Waals surface area contributed by atoms with E-state index in [2.05, 4.69) is 6.58 Å². The number of hydrogen-bond donors (Lipinski definition) is 1. The van der Waals surface area contributed by atoms with Crippen LogP contribution in [0.2, 0.25) is 0 Å². The standard InChI is InChI=1S/C9H12OS/c1-4-9(3,10)8-7(2)5-6-11-8/h4-6,10H,1H2,2-3H3. The van der Waals surface area contributed by atoms with E-state index in [1.165, 1.54) is 0 Å². The van der Waals surface area contributed by atoms with E-state index in [-0.39, 0.29) is 0 Å². The van der Waals surface area contributed by atoms with E-state index < -0.39 is 5.60 Å². The Bertz CT molecular complexity index is 260. The smallest absolute Gasteiger partial charge is 0.114 e. The highest BCUT2D eigenvalue weighted by molar-refractivity contribution is 7.10. The van der Waals surface area contributed by atoms with Crippen molar-refractivity contribution in [1.29, 1.82) is 0 Å². The second-order valence-corrected chi connectivity index (χ2v) is 3.70. The zero-order valence-electron chi connectivity index (χ0n) is 6.79. The first-order chi connectivity index (χ1) is 5.08. The van der Waals surface area contributed by atoms with Gasteiger partial charge >= 0.3 is 0 Å². The van der Waals surface area contributed by atoms with E-state index in [1.807, 2.05) is 18.4 Å². The van der Waals surface area contributed by atoms with Crippen LogP contribution in [0.15, 0.2) is 24.1 Å². The van der Waals surface area contributed by atoms with E-state index in [4.69, 9.17) is 0 Å². The second kappa shape index (κ2) is 2.80. The highest BCUT2D eigenvalue weighted by atomic mass is 32.1.